The summed E-state index contributed by atoms with van der Waals surface area (Å²) in [6, 6.07) is 12.6. The quantitative estimate of drug-likeness (QED) is 0.794. The molecule has 1 aliphatic rings. The van der Waals surface area contributed by atoms with Crippen LogP contribution in [0.5, 0.6) is 0 Å². The molecule has 1 N–H and O–H groups in total. The van der Waals surface area contributed by atoms with Crippen molar-refractivity contribution in [1.82, 2.24) is 0 Å². The van der Waals surface area contributed by atoms with E-state index in [4.69, 9.17) is 0 Å². The average molecular weight is 247 g/mol. The standard InChI is InChI=1S/C14H14N2.ClH/c1-9(2)14-15-11-7-3-5-10-6-4-8-12(16-14)13(10)11;/h3-9H,1-2H3,(H,15,16);1H. The fourth-order valence-corrected chi connectivity index (χ4v) is 2.09. The van der Waals surface area contributed by atoms with Crippen molar-refractivity contribution in [2.75, 3.05) is 5.32 Å². The van der Waals surface area contributed by atoms with Gasteiger partial charge < -0.3 is 5.32 Å². The summed E-state index contributed by atoms with van der Waals surface area (Å²) in [5, 5.41) is 5.89. The SMILES string of the molecule is CC(C)C1=Nc2cccc3cccc(c23)N1.Cl. The van der Waals surface area contributed by atoms with Gasteiger partial charge in [-0.15, -0.1) is 12.4 Å². The Morgan fingerprint density at radius 2 is 1.76 bits per heavy atom. The highest BCUT2D eigenvalue weighted by atomic mass is 35.5. The van der Waals surface area contributed by atoms with Gasteiger partial charge >= 0.3 is 0 Å². The van der Waals surface area contributed by atoms with Crippen molar-refractivity contribution in [3.05, 3.63) is 36.4 Å². The first kappa shape index (κ1) is 11.9. The molecule has 0 saturated heterocycles. The lowest BCUT2D eigenvalue weighted by Gasteiger charge is -2.20. The van der Waals surface area contributed by atoms with E-state index in [0.717, 1.165) is 11.5 Å². The lowest BCUT2D eigenvalue weighted by Crippen LogP contribution is -2.20. The first-order valence-electron chi connectivity index (χ1n) is 5.63. The fraction of sp³-hybridized carbons (Fsp3) is 0.214. The van der Waals surface area contributed by atoms with Crippen LogP contribution in [0.1, 0.15) is 13.8 Å². The zero-order valence-electron chi connectivity index (χ0n) is 9.90. The van der Waals surface area contributed by atoms with E-state index in [1.165, 1.54) is 16.5 Å². The molecule has 0 aromatic heterocycles. The Balaban J connectivity index is 0.00000108. The van der Waals surface area contributed by atoms with Crippen LogP contribution in [0.15, 0.2) is 41.4 Å². The molecule has 2 nitrogen and oxygen atoms in total. The summed E-state index contributed by atoms with van der Waals surface area (Å²) in [7, 11) is 0. The third-order valence-electron chi connectivity index (χ3n) is 2.93. The van der Waals surface area contributed by atoms with Crippen LogP contribution < -0.4 is 5.32 Å². The van der Waals surface area contributed by atoms with Crippen molar-refractivity contribution in [3.63, 3.8) is 0 Å². The van der Waals surface area contributed by atoms with Gasteiger partial charge in [-0.1, -0.05) is 38.1 Å². The number of hydrogen-bond acceptors (Lipinski definition) is 2. The van der Waals surface area contributed by atoms with Crippen molar-refractivity contribution in [1.29, 1.82) is 0 Å². The maximum Gasteiger partial charge on any atom is 0.109 e. The number of aliphatic imine (C=N–C) groups is 1. The molecule has 2 aromatic rings. The molecule has 1 heterocycles. The maximum absolute atomic E-state index is 4.67. The van der Waals surface area contributed by atoms with Crippen LogP contribution in [-0.4, -0.2) is 5.84 Å². The molecule has 0 spiro atoms. The molecule has 0 amide bonds. The molecule has 1 aliphatic heterocycles. The Labute approximate surface area is 107 Å². The second-order valence-corrected chi connectivity index (χ2v) is 4.46. The van der Waals surface area contributed by atoms with Crippen molar-refractivity contribution in [3.8, 4) is 0 Å². The molecule has 0 aliphatic carbocycles. The number of nitrogens with zero attached hydrogens (tertiary/aromatic N) is 1. The van der Waals surface area contributed by atoms with Gasteiger partial charge in [-0.05, 0) is 17.5 Å². The Bertz CT molecular complexity index is 583. The minimum atomic E-state index is 0. The third kappa shape index (κ3) is 1.89. The first-order chi connectivity index (χ1) is 7.75. The van der Waals surface area contributed by atoms with Crippen molar-refractivity contribution in [2.24, 2.45) is 10.9 Å². The lowest BCUT2D eigenvalue weighted by molar-refractivity contribution is 0.880. The van der Waals surface area contributed by atoms with Gasteiger partial charge in [0.1, 0.15) is 5.84 Å². The second-order valence-electron chi connectivity index (χ2n) is 4.46. The van der Waals surface area contributed by atoms with E-state index in [9.17, 15) is 0 Å². The predicted molar refractivity (Wildman–Crippen MR) is 76.8 cm³/mol. The summed E-state index contributed by atoms with van der Waals surface area (Å²) in [5.74, 6) is 1.47. The highest BCUT2D eigenvalue weighted by Crippen LogP contribution is 2.36. The summed E-state index contributed by atoms with van der Waals surface area (Å²) >= 11 is 0. The summed E-state index contributed by atoms with van der Waals surface area (Å²) < 4.78 is 0. The van der Waals surface area contributed by atoms with Crippen LogP contribution in [0, 0.1) is 5.92 Å². The smallest absolute Gasteiger partial charge is 0.109 e. The normalized spacial score (nSPS) is 13.0. The monoisotopic (exact) mass is 246 g/mol. The van der Waals surface area contributed by atoms with Crippen LogP contribution in [0.4, 0.5) is 11.4 Å². The minimum absolute atomic E-state index is 0. The molecule has 3 rings (SSSR count). The van der Waals surface area contributed by atoms with Gasteiger partial charge in [0.25, 0.3) is 0 Å². The number of rotatable bonds is 1. The second kappa shape index (κ2) is 4.38. The van der Waals surface area contributed by atoms with Gasteiger partial charge in [-0.2, -0.15) is 0 Å². The summed E-state index contributed by atoms with van der Waals surface area (Å²) in [6.07, 6.45) is 0. The van der Waals surface area contributed by atoms with E-state index < -0.39 is 0 Å². The largest absolute Gasteiger partial charge is 0.343 e. The number of nitrogens with one attached hydrogen (secondary N) is 1. The summed E-state index contributed by atoms with van der Waals surface area (Å²) in [6.45, 7) is 4.31. The van der Waals surface area contributed by atoms with Gasteiger partial charge in [0.2, 0.25) is 0 Å². The number of benzene rings is 2. The highest BCUT2D eigenvalue weighted by Gasteiger charge is 2.15. The van der Waals surface area contributed by atoms with Gasteiger partial charge in [-0.3, -0.25) is 0 Å². The van der Waals surface area contributed by atoms with Crippen LogP contribution in [0.25, 0.3) is 10.8 Å². The lowest BCUT2D eigenvalue weighted by atomic mass is 10.0. The average Bonchev–Trinajstić information content (AvgIpc) is 2.29. The molecule has 0 radical (unpaired) electrons. The molecule has 0 saturated carbocycles. The highest BCUT2D eigenvalue weighted by molar-refractivity contribution is 6.13. The Kier molecular flexibility index (Phi) is 3.07. The maximum atomic E-state index is 4.67. The van der Waals surface area contributed by atoms with E-state index in [1.807, 2.05) is 0 Å². The number of anilines is 1. The van der Waals surface area contributed by atoms with E-state index >= 15 is 0 Å². The summed E-state index contributed by atoms with van der Waals surface area (Å²) in [4.78, 5) is 4.67. The minimum Gasteiger partial charge on any atom is -0.343 e. The predicted octanol–water partition coefficient (Wildman–Crippen LogP) is 4.37. The van der Waals surface area contributed by atoms with Crippen LogP contribution in [-0.2, 0) is 0 Å². The summed E-state index contributed by atoms with van der Waals surface area (Å²) in [5.41, 5.74) is 2.25. The van der Waals surface area contributed by atoms with Crippen molar-refractivity contribution >= 4 is 40.4 Å². The van der Waals surface area contributed by atoms with E-state index in [2.05, 4.69) is 60.6 Å². The fourth-order valence-electron chi connectivity index (χ4n) is 2.09. The first-order valence-corrected chi connectivity index (χ1v) is 5.63. The molecular weight excluding hydrogens is 232 g/mol. The Morgan fingerprint density at radius 3 is 2.47 bits per heavy atom. The molecule has 0 atom stereocenters. The number of amidine groups is 1. The van der Waals surface area contributed by atoms with Crippen molar-refractivity contribution in [2.45, 2.75) is 13.8 Å². The van der Waals surface area contributed by atoms with Gasteiger partial charge in [-0.25, -0.2) is 4.99 Å². The zero-order valence-corrected chi connectivity index (χ0v) is 10.7. The van der Waals surface area contributed by atoms with Crippen molar-refractivity contribution < 1.29 is 0 Å². The van der Waals surface area contributed by atoms with Gasteiger partial charge in [0.05, 0.1) is 5.69 Å². The molecule has 88 valence electrons. The molecule has 17 heavy (non-hydrogen) atoms. The van der Waals surface area contributed by atoms with Gasteiger partial charge in [0.15, 0.2) is 0 Å². The van der Waals surface area contributed by atoms with Crippen LogP contribution in [0.3, 0.4) is 0 Å². The molecule has 3 heteroatoms. The molecular formula is C14H15ClN2. The van der Waals surface area contributed by atoms with E-state index in [1.54, 1.807) is 0 Å². The molecule has 0 fully saturated rings. The zero-order chi connectivity index (χ0) is 11.1. The van der Waals surface area contributed by atoms with E-state index in [-0.39, 0.29) is 12.4 Å². The van der Waals surface area contributed by atoms with Gasteiger partial charge in [0, 0.05) is 17.0 Å². The number of hydrogen-bond donors (Lipinski definition) is 1. The Hall–Kier alpha value is -1.54. The van der Waals surface area contributed by atoms with E-state index in [0.29, 0.717) is 5.92 Å². The third-order valence-corrected chi connectivity index (χ3v) is 2.93. The Morgan fingerprint density at radius 1 is 1.06 bits per heavy atom. The van der Waals surface area contributed by atoms with Crippen LogP contribution >= 0.6 is 12.4 Å². The van der Waals surface area contributed by atoms with Crippen LogP contribution in [0.2, 0.25) is 0 Å². The number of halogens is 1. The molecule has 0 bridgehead atoms. The molecule has 0 unspecified atom stereocenters. The topological polar surface area (TPSA) is 24.4 Å². The molecule has 2 aromatic carbocycles.